The van der Waals surface area contributed by atoms with Crippen molar-refractivity contribution in [2.45, 2.75) is 26.7 Å². The molecule has 1 saturated carbocycles. The lowest BCUT2D eigenvalue weighted by atomic mass is 10.0. The summed E-state index contributed by atoms with van der Waals surface area (Å²) in [6, 6.07) is 5.54. The normalized spacial score (nSPS) is 14.2. The first-order valence-electron chi connectivity index (χ1n) is 5.76. The molecule has 0 radical (unpaired) electrons. The topological polar surface area (TPSA) is 58.2 Å². The van der Waals surface area contributed by atoms with E-state index in [-0.39, 0.29) is 17.7 Å². The molecule has 4 nitrogen and oxygen atoms in total. The zero-order chi connectivity index (χ0) is 12.4. The van der Waals surface area contributed by atoms with Crippen molar-refractivity contribution in [3.63, 3.8) is 0 Å². The first-order chi connectivity index (χ1) is 8.09. The van der Waals surface area contributed by atoms with Crippen LogP contribution >= 0.6 is 0 Å². The van der Waals surface area contributed by atoms with Crippen LogP contribution in [0.5, 0.6) is 0 Å². The highest BCUT2D eigenvalue weighted by molar-refractivity contribution is 5.97. The quantitative estimate of drug-likeness (QED) is 0.759. The summed E-state index contributed by atoms with van der Waals surface area (Å²) in [5.41, 5.74) is 7.50. The van der Waals surface area contributed by atoms with E-state index in [9.17, 15) is 9.59 Å². The smallest absolute Gasteiger partial charge is 0.269 e. The lowest BCUT2D eigenvalue weighted by Gasteiger charge is -2.10. The zero-order valence-electron chi connectivity index (χ0n) is 10.0. The van der Waals surface area contributed by atoms with Crippen LogP contribution < -0.4 is 10.9 Å². The van der Waals surface area contributed by atoms with E-state index in [0.29, 0.717) is 5.56 Å². The van der Waals surface area contributed by atoms with Gasteiger partial charge in [-0.05, 0) is 43.9 Å². The van der Waals surface area contributed by atoms with Gasteiger partial charge >= 0.3 is 0 Å². The Balaban J connectivity index is 1.99. The van der Waals surface area contributed by atoms with Gasteiger partial charge in [-0.2, -0.15) is 0 Å². The van der Waals surface area contributed by atoms with Crippen LogP contribution in [-0.2, 0) is 4.79 Å². The van der Waals surface area contributed by atoms with Crippen molar-refractivity contribution < 1.29 is 9.59 Å². The van der Waals surface area contributed by atoms with Crippen LogP contribution in [0.15, 0.2) is 18.2 Å². The summed E-state index contributed by atoms with van der Waals surface area (Å²) in [7, 11) is 0. The van der Waals surface area contributed by atoms with E-state index in [1.54, 1.807) is 6.07 Å². The SMILES string of the molecule is Cc1cccc(C(=O)NNC(=O)C2CC2)c1C. The summed E-state index contributed by atoms with van der Waals surface area (Å²) < 4.78 is 0. The van der Waals surface area contributed by atoms with Crippen molar-refractivity contribution in [3.05, 3.63) is 34.9 Å². The van der Waals surface area contributed by atoms with E-state index >= 15 is 0 Å². The van der Waals surface area contributed by atoms with Gasteiger partial charge < -0.3 is 0 Å². The van der Waals surface area contributed by atoms with Gasteiger partial charge in [0, 0.05) is 11.5 Å². The van der Waals surface area contributed by atoms with Gasteiger partial charge in [-0.3, -0.25) is 20.4 Å². The fourth-order valence-electron chi connectivity index (χ4n) is 1.63. The van der Waals surface area contributed by atoms with Gasteiger partial charge in [-0.15, -0.1) is 0 Å². The number of amides is 2. The van der Waals surface area contributed by atoms with Crippen LogP contribution in [0.3, 0.4) is 0 Å². The Morgan fingerprint density at radius 3 is 2.53 bits per heavy atom. The summed E-state index contributed by atoms with van der Waals surface area (Å²) in [4.78, 5) is 23.2. The van der Waals surface area contributed by atoms with E-state index in [0.717, 1.165) is 24.0 Å². The number of hydrogen-bond acceptors (Lipinski definition) is 2. The predicted molar refractivity (Wildman–Crippen MR) is 64.2 cm³/mol. The van der Waals surface area contributed by atoms with E-state index in [4.69, 9.17) is 0 Å². The van der Waals surface area contributed by atoms with E-state index in [1.807, 2.05) is 26.0 Å². The molecule has 1 aliphatic rings. The van der Waals surface area contributed by atoms with E-state index in [2.05, 4.69) is 10.9 Å². The molecule has 0 unspecified atom stereocenters. The maximum Gasteiger partial charge on any atom is 0.269 e. The molecule has 0 aromatic heterocycles. The summed E-state index contributed by atoms with van der Waals surface area (Å²) in [6.07, 6.45) is 1.84. The Morgan fingerprint density at radius 1 is 1.18 bits per heavy atom. The van der Waals surface area contributed by atoms with Gasteiger partial charge in [0.2, 0.25) is 5.91 Å². The molecular formula is C13H16N2O2. The summed E-state index contributed by atoms with van der Waals surface area (Å²) in [6.45, 7) is 3.85. The summed E-state index contributed by atoms with van der Waals surface area (Å²) in [5.74, 6) is -0.266. The molecule has 17 heavy (non-hydrogen) atoms. The zero-order valence-corrected chi connectivity index (χ0v) is 10.0. The minimum atomic E-state index is -0.264. The Morgan fingerprint density at radius 2 is 1.88 bits per heavy atom. The molecule has 1 aromatic rings. The van der Waals surface area contributed by atoms with Gasteiger partial charge in [0.1, 0.15) is 0 Å². The molecule has 2 amide bonds. The van der Waals surface area contributed by atoms with Gasteiger partial charge in [0.05, 0.1) is 0 Å². The molecule has 4 heteroatoms. The molecule has 0 saturated heterocycles. The highest BCUT2D eigenvalue weighted by atomic mass is 16.2. The lowest BCUT2D eigenvalue weighted by molar-refractivity contribution is -0.123. The first-order valence-corrected chi connectivity index (χ1v) is 5.76. The number of hydrogen-bond donors (Lipinski definition) is 2. The Bertz CT molecular complexity index is 464. The second-order valence-electron chi connectivity index (χ2n) is 4.47. The van der Waals surface area contributed by atoms with E-state index < -0.39 is 0 Å². The fourth-order valence-corrected chi connectivity index (χ4v) is 1.63. The molecule has 0 heterocycles. The monoisotopic (exact) mass is 232 g/mol. The number of nitrogens with one attached hydrogen (secondary N) is 2. The Hall–Kier alpha value is -1.84. The van der Waals surface area contributed by atoms with Crippen molar-refractivity contribution in [3.8, 4) is 0 Å². The molecule has 90 valence electrons. The molecule has 0 bridgehead atoms. The molecule has 0 spiro atoms. The Labute approximate surface area is 100 Å². The number of benzene rings is 1. The third-order valence-corrected chi connectivity index (χ3v) is 3.10. The molecule has 0 aliphatic heterocycles. The van der Waals surface area contributed by atoms with Crippen LogP contribution in [0, 0.1) is 19.8 Å². The second kappa shape index (κ2) is 4.57. The number of carbonyl (C=O) groups excluding carboxylic acids is 2. The van der Waals surface area contributed by atoms with Crippen molar-refractivity contribution in [1.82, 2.24) is 10.9 Å². The average Bonchev–Trinajstić information content (AvgIpc) is 3.13. The van der Waals surface area contributed by atoms with Crippen molar-refractivity contribution in [2.24, 2.45) is 5.92 Å². The van der Waals surface area contributed by atoms with Crippen LogP contribution in [0.4, 0.5) is 0 Å². The molecule has 2 N–H and O–H groups in total. The van der Waals surface area contributed by atoms with Crippen molar-refractivity contribution >= 4 is 11.8 Å². The van der Waals surface area contributed by atoms with Gasteiger partial charge in [0.15, 0.2) is 0 Å². The third-order valence-electron chi connectivity index (χ3n) is 3.10. The van der Waals surface area contributed by atoms with Crippen LogP contribution in [0.25, 0.3) is 0 Å². The number of rotatable bonds is 2. The Kier molecular flexibility index (Phi) is 3.13. The molecule has 1 aliphatic carbocycles. The average molecular weight is 232 g/mol. The van der Waals surface area contributed by atoms with Gasteiger partial charge in [0.25, 0.3) is 5.91 Å². The minimum Gasteiger partial charge on any atom is -0.273 e. The van der Waals surface area contributed by atoms with Gasteiger partial charge in [-0.1, -0.05) is 12.1 Å². The van der Waals surface area contributed by atoms with E-state index in [1.165, 1.54) is 0 Å². The highest BCUT2D eigenvalue weighted by Crippen LogP contribution is 2.28. The maximum atomic E-state index is 11.8. The van der Waals surface area contributed by atoms with Crippen LogP contribution in [0.1, 0.15) is 34.3 Å². The third kappa shape index (κ3) is 2.64. The molecule has 2 rings (SSSR count). The van der Waals surface area contributed by atoms with Crippen LogP contribution in [-0.4, -0.2) is 11.8 Å². The minimum absolute atomic E-state index is 0.0916. The van der Waals surface area contributed by atoms with Gasteiger partial charge in [-0.25, -0.2) is 0 Å². The predicted octanol–water partition coefficient (Wildman–Crippen LogP) is 1.47. The van der Waals surface area contributed by atoms with Crippen molar-refractivity contribution in [2.75, 3.05) is 0 Å². The lowest BCUT2D eigenvalue weighted by Crippen LogP contribution is -2.42. The first kappa shape index (κ1) is 11.6. The number of hydrazine groups is 1. The summed E-state index contributed by atoms with van der Waals surface area (Å²) >= 11 is 0. The standard InChI is InChI=1S/C13H16N2O2/c1-8-4-3-5-11(9(8)2)13(17)15-14-12(16)10-6-7-10/h3-5,10H,6-7H2,1-2H3,(H,14,16)(H,15,17). The highest BCUT2D eigenvalue weighted by Gasteiger charge is 2.29. The molecule has 1 fully saturated rings. The second-order valence-corrected chi connectivity index (χ2v) is 4.47. The number of aryl methyl sites for hydroxylation is 1. The maximum absolute atomic E-state index is 11.8. The molecule has 0 atom stereocenters. The molecule has 1 aromatic carbocycles. The number of carbonyl (C=O) groups is 2. The van der Waals surface area contributed by atoms with Crippen molar-refractivity contribution in [1.29, 1.82) is 0 Å². The van der Waals surface area contributed by atoms with Crippen LogP contribution in [0.2, 0.25) is 0 Å². The largest absolute Gasteiger partial charge is 0.273 e. The summed E-state index contributed by atoms with van der Waals surface area (Å²) in [5, 5.41) is 0. The fraction of sp³-hybridized carbons (Fsp3) is 0.385. The molecular weight excluding hydrogens is 216 g/mol.